The minimum atomic E-state index is -0.447. The molecule has 0 aromatic heterocycles. The molecule has 3 aromatic rings. The van der Waals surface area contributed by atoms with E-state index in [1.54, 1.807) is 36.4 Å². The standard InChI is InChI=1S/C27H27F2N3O2/c28-23-8-4-20(5-9-23)27(21-6-10-24(29)11-7-21)22-13-16-31(17-14-22)15-1-2-19-3-12-25(30)26(18-19)32(33)34/h3-12,18H,1-2,13-17,30H2. The number of nitrogens with two attached hydrogens (primary N) is 1. The van der Waals surface area contributed by atoms with Crippen LogP contribution in [0.3, 0.4) is 0 Å². The highest BCUT2D eigenvalue weighted by molar-refractivity contribution is 5.82. The number of hydrogen-bond donors (Lipinski definition) is 1. The summed E-state index contributed by atoms with van der Waals surface area (Å²) in [6.45, 7) is 2.68. The minimum absolute atomic E-state index is 0.0423. The van der Waals surface area contributed by atoms with Gasteiger partial charge in [0.15, 0.2) is 0 Å². The van der Waals surface area contributed by atoms with Crippen LogP contribution in [0.5, 0.6) is 0 Å². The quantitative estimate of drug-likeness (QED) is 0.266. The van der Waals surface area contributed by atoms with Gasteiger partial charge in [0, 0.05) is 19.2 Å². The molecule has 1 aliphatic rings. The maximum absolute atomic E-state index is 13.5. The van der Waals surface area contributed by atoms with E-state index in [4.69, 9.17) is 5.73 Å². The third-order valence-electron chi connectivity index (χ3n) is 6.31. The smallest absolute Gasteiger partial charge is 0.292 e. The Bertz CT molecular complexity index is 1130. The van der Waals surface area contributed by atoms with Crippen LogP contribution in [0.1, 0.15) is 36.0 Å². The van der Waals surface area contributed by atoms with Crippen molar-refractivity contribution in [1.29, 1.82) is 0 Å². The van der Waals surface area contributed by atoms with Gasteiger partial charge in [-0.1, -0.05) is 35.9 Å². The summed E-state index contributed by atoms with van der Waals surface area (Å²) in [5, 5.41) is 11.1. The van der Waals surface area contributed by atoms with Gasteiger partial charge in [-0.3, -0.25) is 10.1 Å². The van der Waals surface area contributed by atoms with Crippen LogP contribution in [0.15, 0.2) is 72.3 Å². The van der Waals surface area contributed by atoms with Crippen molar-refractivity contribution in [2.75, 3.05) is 25.4 Å². The number of benzene rings is 3. The normalized spacial score (nSPS) is 14.2. The lowest BCUT2D eigenvalue weighted by atomic mass is 9.88. The molecule has 176 valence electrons. The Balaban J connectivity index is 1.42. The lowest BCUT2D eigenvalue weighted by molar-refractivity contribution is -0.384. The van der Waals surface area contributed by atoms with Gasteiger partial charge in [0.1, 0.15) is 17.3 Å². The first kappa shape index (κ1) is 23.6. The Morgan fingerprint density at radius 3 is 2.00 bits per heavy atom. The van der Waals surface area contributed by atoms with Crippen LogP contribution >= 0.6 is 0 Å². The molecule has 1 fully saturated rings. The van der Waals surface area contributed by atoms with Crippen LogP contribution in [0, 0.1) is 21.7 Å². The van der Waals surface area contributed by atoms with Crippen molar-refractivity contribution in [2.24, 2.45) is 0 Å². The van der Waals surface area contributed by atoms with Gasteiger partial charge < -0.3 is 10.6 Å². The predicted molar refractivity (Wildman–Crippen MR) is 130 cm³/mol. The molecule has 0 unspecified atom stereocenters. The summed E-state index contributed by atoms with van der Waals surface area (Å²) in [6, 6.07) is 17.9. The summed E-state index contributed by atoms with van der Waals surface area (Å²) in [6.07, 6.45) is 3.38. The number of hydrogen-bond acceptors (Lipinski definition) is 4. The Labute approximate surface area is 197 Å². The fraction of sp³-hybridized carbons (Fsp3) is 0.259. The second kappa shape index (κ2) is 10.6. The van der Waals surface area contributed by atoms with E-state index in [1.807, 2.05) is 6.07 Å². The summed E-state index contributed by atoms with van der Waals surface area (Å²) in [7, 11) is 0. The number of nitrogens with zero attached hydrogens (tertiary/aromatic N) is 2. The Hall–Kier alpha value is -3.58. The Morgan fingerprint density at radius 1 is 0.912 bits per heavy atom. The highest BCUT2D eigenvalue weighted by atomic mass is 19.1. The average Bonchev–Trinajstić information content (AvgIpc) is 2.83. The second-order valence-electron chi connectivity index (χ2n) is 8.59. The molecule has 34 heavy (non-hydrogen) atoms. The average molecular weight is 464 g/mol. The van der Waals surface area contributed by atoms with Gasteiger partial charge >= 0.3 is 0 Å². The van der Waals surface area contributed by atoms with Gasteiger partial charge in [-0.2, -0.15) is 0 Å². The first-order valence-corrected chi connectivity index (χ1v) is 11.4. The molecule has 0 amide bonds. The van der Waals surface area contributed by atoms with Gasteiger partial charge in [0.05, 0.1) is 4.92 Å². The van der Waals surface area contributed by atoms with Crippen molar-refractivity contribution in [1.82, 2.24) is 4.90 Å². The molecule has 0 aliphatic carbocycles. The molecule has 0 radical (unpaired) electrons. The molecular weight excluding hydrogens is 436 g/mol. The highest BCUT2D eigenvalue weighted by Crippen LogP contribution is 2.33. The molecule has 2 N–H and O–H groups in total. The van der Waals surface area contributed by atoms with Crippen molar-refractivity contribution >= 4 is 16.9 Å². The van der Waals surface area contributed by atoms with Gasteiger partial charge in [0.2, 0.25) is 0 Å². The van der Waals surface area contributed by atoms with Crippen LogP contribution in [0.2, 0.25) is 0 Å². The number of nitrogen functional groups attached to an aromatic ring is 1. The van der Waals surface area contributed by atoms with Crippen LogP contribution in [-0.2, 0) is 6.42 Å². The van der Waals surface area contributed by atoms with Gasteiger partial charge in [-0.05, 0) is 84.8 Å². The molecule has 3 aromatic carbocycles. The van der Waals surface area contributed by atoms with Crippen molar-refractivity contribution in [3.63, 3.8) is 0 Å². The molecule has 1 saturated heterocycles. The summed E-state index contributed by atoms with van der Waals surface area (Å²) in [5.74, 6) is -0.568. The van der Waals surface area contributed by atoms with E-state index in [0.29, 0.717) is 0 Å². The third kappa shape index (κ3) is 5.66. The number of halogens is 2. The molecule has 7 heteroatoms. The lowest BCUT2D eigenvalue weighted by Gasteiger charge is -2.30. The van der Waals surface area contributed by atoms with Crippen LogP contribution in [-0.4, -0.2) is 29.5 Å². The van der Waals surface area contributed by atoms with E-state index in [1.165, 1.54) is 29.8 Å². The predicted octanol–water partition coefficient (Wildman–Crippen LogP) is 5.99. The molecule has 4 rings (SSSR count). The molecule has 1 heterocycles. The zero-order valence-electron chi connectivity index (χ0n) is 18.8. The summed E-state index contributed by atoms with van der Waals surface area (Å²) in [5.41, 5.74) is 10.9. The SMILES string of the molecule is Nc1ccc(CCCN2CCC(=C(c3ccc(F)cc3)c3ccc(F)cc3)CC2)cc1[N+](=O)[O-]. The highest BCUT2D eigenvalue weighted by Gasteiger charge is 2.19. The zero-order valence-corrected chi connectivity index (χ0v) is 18.8. The van der Waals surface area contributed by atoms with E-state index in [9.17, 15) is 18.9 Å². The maximum Gasteiger partial charge on any atom is 0.292 e. The summed E-state index contributed by atoms with van der Waals surface area (Å²) >= 11 is 0. The number of anilines is 1. The first-order valence-electron chi connectivity index (χ1n) is 11.4. The van der Waals surface area contributed by atoms with Crippen molar-refractivity contribution in [3.8, 4) is 0 Å². The lowest BCUT2D eigenvalue weighted by Crippen LogP contribution is -2.32. The Kier molecular flexibility index (Phi) is 7.33. The summed E-state index contributed by atoms with van der Waals surface area (Å²) in [4.78, 5) is 13.0. The van der Waals surface area contributed by atoms with E-state index in [0.717, 1.165) is 67.6 Å². The zero-order chi connectivity index (χ0) is 24.1. The van der Waals surface area contributed by atoms with Crippen LogP contribution in [0.4, 0.5) is 20.2 Å². The molecular formula is C27H27F2N3O2. The van der Waals surface area contributed by atoms with Crippen molar-refractivity contribution in [2.45, 2.75) is 25.7 Å². The maximum atomic E-state index is 13.5. The largest absolute Gasteiger partial charge is 0.393 e. The van der Waals surface area contributed by atoms with Crippen LogP contribution in [0.25, 0.3) is 5.57 Å². The molecule has 0 spiro atoms. The summed E-state index contributed by atoms with van der Waals surface area (Å²) < 4.78 is 27.0. The fourth-order valence-corrected chi connectivity index (χ4v) is 4.51. The molecule has 1 aliphatic heterocycles. The number of likely N-dealkylation sites (tertiary alicyclic amines) is 1. The number of nitro benzene ring substituents is 1. The number of rotatable bonds is 7. The van der Waals surface area contributed by atoms with Gasteiger partial charge in [-0.25, -0.2) is 8.78 Å². The van der Waals surface area contributed by atoms with Gasteiger partial charge in [0.25, 0.3) is 5.69 Å². The fourth-order valence-electron chi connectivity index (χ4n) is 4.51. The second-order valence-corrected chi connectivity index (χ2v) is 8.59. The number of nitro groups is 1. The van der Waals surface area contributed by atoms with E-state index in [-0.39, 0.29) is 23.0 Å². The Morgan fingerprint density at radius 2 is 1.47 bits per heavy atom. The first-order chi connectivity index (χ1) is 16.4. The number of aryl methyl sites for hydroxylation is 1. The van der Waals surface area contributed by atoms with Crippen LogP contribution < -0.4 is 5.73 Å². The van der Waals surface area contributed by atoms with E-state index >= 15 is 0 Å². The molecule has 0 bridgehead atoms. The minimum Gasteiger partial charge on any atom is -0.393 e. The topological polar surface area (TPSA) is 72.4 Å². The van der Waals surface area contributed by atoms with E-state index in [2.05, 4.69) is 4.90 Å². The van der Waals surface area contributed by atoms with Gasteiger partial charge in [-0.15, -0.1) is 0 Å². The molecule has 0 atom stereocenters. The monoisotopic (exact) mass is 463 g/mol. The van der Waals surface area contributed by atoms with Crippen molar-refractivity contribution in [3.05, 3.63) is 111 Å². The number of piperidine rings is 1. The molecule has 0 saturated carbocycles. The van der Waals surface area contributed by atoms with E-state index < -0.39 is 4.92 Å². The van der Waals surface area contributed by atoms with Crippen molar-refractivity contribution < 1.29 is 13.7 Å². The third-order valence-corrected chi connectivity index (χ3v) is 6.31. The molecule has 5 nitrogen and oxygen atoms in total.